The van der Waals surface area contributed by atoms with Gasteiger partial charge in [-0.25, -0.2) is 9.97 Å². The Balaban J connectivity index is 0.00000130. The summed E-state index contributed by atoms with van der Waals surface area (Å²) in [5.41, 5.74) is 2.59. The largest absolute Gasteiger partial charge is 0.368 e. The predicted octanol–water partition coefficient (Wildman–Crippen LogP) is 3.36. The number of fused-ring (bicyclic) bond motifs is 4. The molecule has 9 heteroatoms. The average Bonchev–Trinajstić information content (AvgIpc) is 3.55. The number of nitrogens with one attached hydrogen (secondary N) is 2. The maximum Gasteiger partial charge on any atom is 0.268 e. The first-order valence-electron chi connectivity index (χ1n) is 12.9. The van der Waals surface area contributed by atoms with Crippen molar-refractivity contribution in [2.24, 2.45) is 0 Å². The summed E-state index contributed by atoms with van der Waals surface area (Å²) in [6, 6.07) is 6.02. The van der Waals surface area contributed by atoms with Gasteiger partial charge in [0.2, 0.25) is 5.95 Å². The van der Waals surface area contributed by atoms with Gasteiger partial charge in [0.1, 0.15) is 17.2 Å². The van der Waals surface area contributed by atoms with Crippen LogP contribution in [0.25, 0.3) is 11.0 Å². The van der Waals surface area contributed by atoms with Crippen LogP contribution in [0.2, 0.25) is 0 Å². The van der Waals surface area contributed by atoms with Crippen LogP contribution in [0.1, 0.15) is 49.5 Å². The Kier molecular flexibility index (Phi) is 6.79. The van der Waals surface area contributed by atoms with E-state index in [1.165, 1.54) is 25.8 Å². The van der Waals surface area contributed by atoms with Crippen LogP contribution in [0.15, 0.2) is 30.6 Å². The third kappa shape index (κ3) is 4.37. The fourth-order valence-corrected chi connectivity index (χ4v) is 5.85. The highest BCUT2D eigenvalue weighted by atomic mass is 16.2. The van der Waals surface area contributed by atoms with Gasteiger partial charge in [-0.05, 0) is 44.0 Å². The third-order valence-corrected chi connectivity index (χ3v) is 7.63. The molecule has 1 saturated carbocycles. The molecule has 2 aliphatic heterocycles. The number of carbonyl (C=O) groups excluding carboxylic acids is 1. The van der Waals surface area contributed by atoms with E-state index in [9.17, 15) is 4.79 Å². The van der Waals surface area contributed by atoms with Gasteiger partial charge in [-0.2, -0.15) is 4.98 Å². The van der Waals surface area contributed by atoms with E-state index in [0.717, 1.165) is 55.7 Å². The number of carbonyl (C=O) groups is 1. The topological polar surface area (TPSA) is 91.2 Å². The second kappa shape index (κ2) is 10.2. The zero-order valence-corrected chi connectivity index (χ0v) is 20.9. The molecule has 3 aromatic heterocycles. The van der Waals surface area contributed by atoms with Gasteiger partial charge in [-0.3, -0.25) is 9.69 Å². The molecule has 2 N–H and O–H groups in total. The zero-order valence-electron chi connectivity index (χ0n) is 20.9. The fraction of sp³-hybridized carbons (Fsp3) is 0.481. The number of hydrogen-bond acceptors (Lipinski definition) is 7. The molecular weight excluding hydrogens is 452 g/mol. The number of terminal acetylenes is 1. The van der Waals surface area contributed by atoms with Crippen molar-refractivity contribution >= 4 is 34.4 Å². The summed E-state index contributed by atoms with van der Waals surface area (Å²) in [6.07, 6.45) is 17.4. The average molecular weight is 487 g/mol. The molecule has 5 heterocycles. The van der Waals surface area contributed by atoms with Crippen molar-refractivity contribution in [3.05, 3.63) is 36.3 Å². The van der Waals surface area contributed by atoms with Crippen LogP contribution in [0.4, 0.5) is 17.5 Å². The van der Waals surface area contributed by atoms with Gasteiger partial charge in [0, 0.05) is 44.3 Å². The van der Waals surface area contributed by atoms with E-state index in [1.807, 2.05) is 18.3 Å². The molecule has 1 amide bonds. The number of aromatic nitrogens is 4. The Bertz CT molecular complexity index is 1230. The summed E-state index contributed by atoms with van der Waals surface area (Å²) in [5.74, 6) is 1.19. The molecule has 0 atom stereocenters. The Morgan fingerprint density at radius 1 is 1.08 bits per heavy atom. The second-order valence-electron chi connectivity index (χ2n) is 9.81. The van der Waals surface area contributed by atoms with Gasteiger partial charge in [-0.15, -0.1) is 12.8 Å². The van der Waals surface area contributed by atoms with Gasteiger partial charge >= 0.3 is 0 Å². The highest BCUT2D eigenvalue weighted by Crippen LogP contribution is 2.41. The molecule has 1 spiro atoms. The van der Waals surface area contributed by atoms with Crippen LogP contribution in [-0.2, 0) is 5.54 Å². The summed E-state index contributed by atoms with van der Waals surface area (Å²) < 4.78 is 2.18. The first-order valence-corrected chi connectivity index (χ1v) is 12.9. The number of amides is 1. The van der Waals surface area contributed by atoms with E-state index in [-0.39, 0.29) is 11.4 Å². The Morgan fingerprint density at radius 3 is 2.56 bits per heavy atom. The molecule has 3 aromatic rings. The standard InChI is InChI=1S/C25H32N8O.C2H2/c1-2-9-31-10-12-32(13-11-31)19-5-6-21(26-16-19)29-24-27-15-18-14-20-23(34)28-17-25(7-3-4-8-25)33(20)22(18)30-24;1-2/h5-6,14-16H,2-4,7-13,17H2,1H3,(H,28,34)(H,26,27,29,30);1-2H. The summed E-state index contributed by atoms with van der Waals surface area (Å²) in [7, 11) is 0. The molecule has 188 valence electrons. The summed E-state index contributed by atoms with van der Waals surface area (Å²) >= 11 is 0. The van der Waals surface area contributed by atoms with Crippen molar-refractivity contribution < 1.29 is 4.79 Å². The number of nitrogens with zero attached hydrogens (tertiary/aromatic N) is 6. The summed E-state index contributed by atoms with van der Waals surface area (Å²) in [6.45, 7) is 8.34. The second-order valence-corrected chi connectivity index (χ2v) is 9.81. The van der Waals surface area contributed by atoms with Crippen molar-refractivity contribution in [1.82, 2.24) is 29.7 Å². The Labute approximate surface area is 212 Å². The predicted molar refractivity (Wildman–Crippen MR) is 143 cm³/mol. The molecule has 0 radical (unpaired) electrons. The lowest BCUT2D eigenvalue weighted by molar-refractivity contribution is 0.0876. The number of hydrogen-bond donors (Lipinski definition) is 2. The molecule has 6 rings (SSSR count). The van der Waals surface area contributed by atoms with Crippen LogP contribution in [-0.4, -0.2) is 69.6 Å². The molecule has 2 fully saturated rings. The van der Waals surface area contributed by atoms with E-state index in [0.29, 0.717) is 24.0 Å². The van der Waals surface area contributed by atoms with Crippen LogP contribution in [0, 0.1) is 12.8 Å². The lowest BCUT2D eigenvalue weighted by Gasteiger charge is -2.37. The van der Waals surface area contributed by atoms with Crippen molar-refractivity contribution in [2.45, 2.75) is 44.6 Å². The first kappa shape index (κ1) is 24.1. The molecule has 1 aliphatic carbocycles. The first-order chi connectivity index (χ1) is 17.6. The van der Waals surface area contributed by atoms with Gasteiger partial charge in [0.15, 0.2) is 0 Å². The highest BCUT2D eigenvalue weighted by molar-refractivity contribution is 5.99. The Hall–Kier alpha value is -3.64. The van der Waals surface area contributed by atoms with Crippen LogP contribution >= 0.6 is 0 Å². The van der Waals surface area contributed by atoms with Crippen LogP contribution in [0.3, 0.4) is 0 Å². The normalized spacial score (nSPS) is 19.0. The minimum atomic E-state index is -0.0718. The smallest absolute Gasteiger partial charge is 0.268 e. The summed E-state index contributed by atoms with van der Waals surface area (Å²) in [4.78, 5) is 31.5. The van der Waals surface area contributed by atoms with Crippen molar-refractivity contribution in [2.75, 3.05) is 49.5 Å². The highest BCUT2D eigenvalue weighted by Gasteiger charge is 2.42. The number of rotatable bonds is 5. The van der Waals surface area contributed by atoms with Crippen LogP contribution < -0.4 is 15.5 Å². The minimum Gasteiger partial charge on any atom is -0.368 e. The third-order valence-electron chi connectivity index (χ3n) is 7.63. The summed E-state index contributed by atoms with van der Waals surface area (Å²) in [5, 5.41) is 7.25. The van der Waals surface area contributed by atoms with E-state index in [2.05, 4.69) is 60.8 Å². The maximum absolute atomic E-state index is 12.6. The molecule has 0 unspecified atom stereocenters. The molecule has 0 bridgehead atoms. The minimum absolute atomic E-state index is 0.0298. The zero-order chi connectivity index (χ0) is 25.1. The number of pyridine rings is 1. The quantitative estimate of drug-likeness (QED) is 0.535. The van der Waals surface area contributed by atoms with Crippen molar-refractivity contribution in [1.29, 1.82) is 0 Å². The number of anilines is 3. The van der Waals surface area contributed by atoms with E-state index in [1.54, 1.807) is 6.20 Å². The van der Waals surface area contributed by atoms with E-state index < -0.39 is 0 Å². The number of piperazine rings is 1. The molecule has 3 aliphatic rings. The molecule has 36 heavy (non-hydrogen) atoms. The van der Waals surface area contributed by atoms with Gasteiger partial charge in [0.25, 0.3) is 5.91 Å². The van der Waals surface area contributed by atoms with E-state index >= 15 is 0 Å². The lowest BCUT2D eigenvalue weighted by atomic mass is 9.94. The molecule has 0 aromatic carbocycles. The van der Waals surface area contributed by atoms with Gasteiger partial charge in [-0.1, -0.05) is 19.8 Å². The monoisotopic (exact) mass is 486 g/mol. The van der Waals surface area contributed by atoms with Crippen LogP contribution in [0.5, 0.6) is 0 Å². The molecular formula is C27H34N8O. The Morgan fingerprint density at radius 2 is 1.86 bits per heavy atom. The van der Waals surface area contributed by atoms with E-state index in [4.69, 9.17) is 4.98 Å². The fourth-order valence-electron chi connectivity index (χ4n) is 5.85. The lowest BCUT2D eigenvalue weighted by Crippen LogP contribution is -2.50. The van der Waals surface area contributed by atoms with Gasteiger partial charge in [0.05, 0.1) is 17.4 Å². The van der Waals surface area contributed by atoms with Crippen molar-refractivity contribution in [3.8, 4) is 12.8 Å². The van der Waals surface area contributed by atoms with Crippen molar-refractivity contribution in [3.63, 3.8) is 0 Å². The SMILES string of the molecule is C#C.CCCN1CCN(c2ccc(Nc3ncc4cc5n(c4n3)C3(CCCC3)CNC5=O)nc2)CC1. The molecule has 1 saturated heterocycles. The maximum atomic E-state index is 12.6. The van der Waals surface area contributed by atoms with Gasteiger partial charge < -0.3 is 20.1 Å². The molecule has 9 nitrogen and oxygen atoms in total.